The maximum Gasteiger partial charge on any atom is 0.262 e. The van der Waals surface area contributed by atoms with Crippen molar-refractivity contribution in [1.29, 1.82) is 0 Å². The van der Waals surface area contributed by atoms with Crippen LogP contribution >= 0.6 is 0 Å². The van der Waals surface area contributed by atoms with Crippen LogP contribution in [0, 0.1) is 0 Å². The lowest BCUT2D eigenvalue weighted by atomic mass is 9.80. The number of carbonyl (C=O) groups excluding carboxylic acids is 2. The molecule has 2 aromatic carbocycles. The van der Waals surface area contributed by atoms with Gasteiger partial charge in [0.1, 0.15) is 5.75 Å². The van der Waals surface area contributed by atoms with Crippen molar-refractivity contribution in [1.82, 2.24) is 4.90 Å². The van der Waals surface area contributed by atoms with E-state index in [9.17, 15) is 9.59 Å². The van der Waals surface area contributed by atoms with Crippen LogP contribution in [0.25, 0.3) is 0 Å². The summed E-state index contributed by atoms with van der Waals surface area (Å²) in [6, 6.07) is 13.3. The van der Waals surface area contributed by atoms with Gasteiger partial charge >= 0.3 is 0 Å². The van der Waals surface area contributed by atoms with Crippen molar-refractivity contribution < 1.29 is 14.3 Å². The molecule has 34 heavy (non-hydrogen) atoms. The van der Waals surface area contributed by atoms with Crippen molar-refractivity contribution in [2.75, 3.05) is 25.0 Å². The van der Waals surface area contributed by atoms with E-state index in [1.807, 2.05) is 11.0 Å². The zero-order chi connectivity index (χ0) is 25.5. The Bertz CT molecular complexity index is 960. The summed E-state index contributed by atoms with van der Waals surface area (Å²) in [5, 5.41) is 2.86. The fourth-order valence-corrected chi connectivity index (χ4v) is 3.78. The van der Waals surface area contributed by atoms with Crippen molar-refractivity contribution in [2.45, 2.75) is 79.1 Å². The van der Waals surface area contributed by atoms with Gasteiger partial charge in [0.05, 0.1) is 0 Å². The summed E-state index contributed by atoms with van der Waals surface area (Å²) in [6.45, 7) is 18.5. The summed E-state index contributed by atoms with van der Waals surface area (Å²) in [4.78, 5) is 27.2. The molecule has 186 valence electrons. The fourth-order valence-electron chi connectivity index (χ4n) is 3.78. The second-order valence-electron chi connectivity index (χ2n) is 10.9. The predicted molar refractivity (Wildman–Crippen MR) is 141 cm³/mol. The second kappa shape index (κ2) is 11.5. The van der Waals surface area contributed by atoms with Crippen molar-refractivity contribution in [3.63, 3.8) is 0 Å². The topological polar surface area (TPSA) is 58.6 Å². The molecule has 1 N–H and O–H groups in total. The van der Waals surface area contributed by atoms with Gasteiger partial charge in [-0.3, -0.25) is 9.59 Å². The normalized spacial score (nSPS) is 11.8. The second-order valence-corrected chi connectivity index (χ2v) is 10.9. The van der Waals surface area contributed by atoms with Crippen LogP contribution in [0.3, 0.4) is 0 Å². The number of nitrogens with one attached hydrogen (secondary N) is 1. The largest absolute Gasteiger partial charge is 0.483 e. The van der Waals surface area contributed by atoms with Gasteiger partial charge in [-0.15, -0.1) is 0 Å². The smallest absolute Gasteiger partial charge is 0.262 e. The van der Waals surface area contributed by atoms with Crippen LogP contribution in [-0.2, 0) is 15.6 Å². The molecule has 0 radical (unpaired) electrons. The molecule has 0 unspecified atom stereocenters. The number of hydrogen-bond acceptors (Lipinski definition) is 3. The van der Waals surface area contributed by atoms with Crippen LogP contribution < -0.4 is 10.1 Å². The minimum Gasteiger partial charge on any atom is -0.483 e. The molecule has 0 saturated carbocycles. The van der Waals surface area contributed by atoms with Crippen molar-refractivity contribution in [2.24, 2.45) is 0 Å². The first-order valence-corrected chi connectivity index (χ1v) is 12.3. The Kier molecular flexibility index (Phi) is 9.31. The molecule has 0 bridgehead atoms. The van der Waals surface area contributed by atoms with E-state index < -0.39 is 0 Å². The van der Waals surface area contributed by atoms with Crippen LogP contribution in [0.2, 0.25) is 0 Å². The van der Waals surface area contributed by atoms with Crippen molar-refractivity contribution in [3.05, 3.63) is 59.2 Å². The number of nitrogens with zero attached hydrogens (tertiary/aromatic N) is 1. The van der Waals surface area contributed by atoms with Crippen LogP contribution in [0.4, 0.5) is 5.69 Å². The van der Waals surface area contributed by atoms with Gasteiger partial charge in [0.2, 0.25) is 0 Å². The maximum atomic E-state index is 12.7. The summed E-state index contributed by atoms with van der Waals surface area (Å²) in [5.41, 5.74) is 3.51. The van der Waals surface area contributed by atoms with Gasteiger partial charge in [-0.05, 0) is 65.1 Å². The Morgan fingerprint density at radius 3 is 1.94 bits per heavy atom. The van der Waals surface area contributed by atoms with Gasteiger partial charge in [0.25, 0.3) is 11.8 Å². The summed E-state index contributed by atoms with van der Waals surface area (Å²) < 4.78 is 5.94. The van der Waals surface area contributed by atoms with Gasteiger partial charge < -0.3 is 15.0 Å². The highest BCUT2D eigenvalue weighted by Crippen LogP contribution is 2.35. The molecule has 0 spiro atoms. The van der Waals surface area contributed by atoms with E-state index in [4.69, 9.17) is 4.74 Å². The lowest BCUT2D eigenvalue weighted by Gasteiger charge is -2.27. The van der Waals surface area contributed by atoms with Crippen LogP contribution in [0.1, 0.15) is 89.7 Å². The molecule has 0 aromatic heterocycles. The summed E-state index contributed by atoms with van der Waals surface area (Å²) >= 11 is 0. The number of rotatable bonds is 9. The highest BCUT2D eigenvalue weighted by molar-refractivity contribution is 5.96. The van der Waals surface area contributed by atoms with Crippen LogP contribution in [0.15, 0.2) is 42.5 Å². The number of benzene rings is 2. The highest BCUT2D eigenvalue weighted by atomic mass is 16.5. The van der Waals surface area contributed by atoms with E-state index in [0.29, 0.717) is 11.3 Å². The number of carbonyl (C=O) groups is 2. The Morgan fingerprint density at radius 2 is 1.44 bits per heavy atom. The number of anilines is 1. The van der Waals surface area contributed by atoms with Crippen LogP contribution in [-0.4, -0.2) is 36.4 Å². The third-order valence-corrected chi connectivity index (χ3v) is 5.70. The minimum atomic E-state index is -0.238. The first-order chi connectivity index (χ1) is 15.9. The van der Waals surface area contributed by atoms with E-state index in [1.165, 1.54) is 5.56 Å². The summed E-state index contributed by atoms with van der Waals surface area (Å²) in [5.74, 6) is 0.513. The molecule has 2 amide bonds. The maximum absolute atomic E-state index is 12.7. The molecule has 5 heteroatoms. The molecule has 0 aliphatic heterocycles. The molecule has 0 fully saturated rings. The SMILES string of the molecule is CCCN(CCC)C(=O)c1ccc(NC(=O)COc2ccc(C(C)(C)C)cc2C(C)(C)C)cc1. The quantitative estimate of drug-likeness (QED) is 0.455. The number of ether oxygens (including phenoxy) is 1. The van der Waals surface area contributed by atoms with E-state index in [1.54, 1.807) is 24.3 Å². The van der Waals surface area contributed by atoms with Gasteiger partial charge in [-0.1, -0.05) is 67.5 Å². The summed E-state index contributed by atoms with van der Waals surface area (Å²) in [7, 11) is 0. The van der Waals surface area contributed by atoms with Gasteiger partial charge in [-0.25, -0.2) is 0 Å². The molecule has 0 heterocycles. The van der Waals surface area contributed by atoms with Crippen molar-refractivity contribution >= 4 is 17.5 Å². The Labute approximate surface area is 205 Å². The molecular weight excluding hydrogens is 424 g/mol. The molecular formula is C29H42N2O3. The Hall–Kier alpha value is -2.82. The average molecular weight is 467 g/mol. The molecule has 0 atom stereocenters. The standard InChI is InChI=1S/C29H42N2O3/c1-9-17-31(18-10-2)27(33)21-11-14-23(15-12-21)30-26(32)20-34-25-16-13-22(28(3,4)5)19-24(25)29(6,7)8/h11-16,19H,9-10,17-18,20H2,1-8H3,(H,30,32). The first-order valence-electron chi connectivity index (χ1n) is 12.3. The third kappa shape index (κ3) is 7.61. The van der Waals surface area contributed by atoms with E-state index in [0.717, 1.165) is 37.2 Å². The molecule has 5 nitrogen and oxygen atoms in total. The molecule has 2 aromatic rings. The minimum absolute atomic E-state index is 0.0262. The van der Waals surface area contributed by atoms with Gasteiger partial charge in [0.15, 0.2) is 6.61 Å². The third-order valence-electron chi connectivity index (χ3n) is 5.70. The fraction of sp³-hybridized carbons (Fsp3) is 0.517. The average Bonchev–Trinajstić information content (AvgIpc) is 2.76. The molecule has 2 rings (SSSR count). The molecule has 0 aliphatic rings. The van der Waals surface area contributed by atoms with Crippen molar-refractivity contribution in [3.8, 4) is 5.75 Å². The highest BCUT2D eigenvalue weighted by Gasteiger charge is 2.23. The lowest BCUT2D eigenvalue weighted by Crippen LogP contribution is -2.32. The number of hydrogen-bond donors (Lipinski definition) is 1. The predicted octanol–water partition coefficient (Wildman–Crippen LogP) is 6.56. The monoisotopic (exact) mass is 466 g/mol. The Balaban J connectivity index is 2.05. The van der Waals surface area contributed by atoms with E-state index >= 15 is 0 Å². The number of amides is 2. The first kappa shape index (κ1) is 27.4. The van der Waals surface area contributed by atoms with Gasteiger partial charge in [0, 0.05) is 24.3 Å². The Morgan fingerprint density at radius 1 is 0.853 bits per heavy atom. The van der Waals surface area contributed by atoms with Crippen LogP contribution in [0.5, 0.6) is 5.75 Å². The summed E-state index contributed by atoms with van der Waals surface area (Å²) in [6.07, 6.45) is 1.85. The van der Waals surface area contributed by atoms with E-state index in [2.05, 4.69) is 72.8 Å². The zero-order valence-electron chi connectivity index (χ0n) is 22.2. The van der Waals surface area contributed by atoms with Gasteiger partial charge in [-0.2, -0.15) is 0 Å². The molecule has 0 aliphatic carbocycles. The lowest BCUT2D eigenvalue weighted by molar-refractivity contribution is -0.118. The molecule has 0 saturated heterocycles. The van der Waals surface area contributed by atoms with E-state index in [-0.39, 0.29) is 29.3 Å². The zero-order valence-corrected chi connectivity index (χ0v) is 22.2.